The van der Waals surface area contributed by atoms with Crippen LogP contribution in [-0.2, 0) is 9.84 Å². The number of nitrogens with one attached hydrogen (secondary N) is 1. The Hall–Kier alpha value is -1.76. The highest BCUT2D eigenvalue weighted by Gasteiger charge is 2.22. The fourth-order valence-electron chi connectivity index (χ4n) is 1.86. The van der Waals surface area contributed by atoms with Crippen LogP contribution in [0.25, 0.3) is 10.9 Å². The largest absolute Gasteiger partial charge is 0.365 e. The van der Waals surface area contributed by atoms with E-state index in [1.54, 1.807) is 0 Å². The Labute approximate surface area is 131 Å². The first-order valence-electron chi connectivity index (χ1n) is 7.09. The van der Waals surface area contributed by atoms with E-state index in [1.807, 2.05) is 13.0 Å². The molecule has 0 unspecified atom stereocenters. The summed E-state index contributed by atoms with van der Waals surface area (Å²) in [4.78, 5) is 12.6. The van der Waals surface area contributed by atoms with Crippen LogP contribution < -0.4 is 5.32 Å². The van der Waals surface area contributed by atoms with Gasteiger partial charge in [0.25, 0.3) is 0 Å². The molecule has 0 aromatic carbocycles. The highest BCUT2D eigenvalue weighted by atomic mass is 32.2. The van der Waals surface area contributed by atoms with E-state index in [0.29, 0.717) is 11.3 Å². The molecule has 1 N–H and O–H groups in total. The van der Waals surface area contributed by atoms with Crippen LogP contribution in [0, 0.1) is 12.3 Å². The number of aryl methyl sites for hydroxylation is 1. The molecule has 0 radical (unpaired) electrons. The highest BCUT2D eigenvalue weighted by Crippen LogP contribution is 2.26. The van der Waals surface area contributed by atoms with Gasteiger partial charge in [-0.2, -0.15) is 0 Å². The van der Waals surface area contributed by atoms with E-state index in [2.05, 4.69) is 48.0 Å². The Morgan fingerprint density at radius 1 is 1.23 bits per heavy atom. The number of hydrogen-bond acceptors (Lipinski definition) is 6. The van der Waals surface area contributed by atoms with E-state index in [9.17, 15) is 8.42 Å². The summed E-state index contributed by atoms with van der Waals surface area (Å²) in [6.45, 7) is 10.3. The molecule has 7 heteroatoms. The van der Waals surface area contributed by atoms with Gasteiger partial charge >= 0.3 is 0 Å². The second-order valence-corrected chi connectivity index (χ2v) is 8.62. The van der Waals surface area contributed by atoms with Crippen molar-refractivity contribution < 1.29 is 8.42 Å². The van der Waals surface area contributed by atoms with Crippen molar-refractivity contribution in [3.8, 4) is 0 Å². The summed E-state index contributed by atoms with van der Waals surface area (Å²) >= 11 is 0. The molecule has 0 aliphatic rings. The van der Waals surface area contributed by atoms with Gasteiger partial charge < -0.3 is 5.32 Å². The lowest BCUT2D eigenvalue weighted by molar-refractivity contribution is 0.359. The third kappa shape index (κ3) is 3.52. The Bertz CT molecular complexity index is 810. The lowest BCUT2D eigenvalue weighted by Gasteiger charge is -2.28. The molecule has 2 heterocycles. The number of aromatic nitrogens is 3. The summed E-state index contributed by atoms with van der Waals surface area (Å²) in [5.74, 6) is 0.588. The van der Waals surface area contributed by atoms with Crippen LogP contribution in [0.4, 0.5) is 5.82 Å². The lowest BCUT2D eigenvalue weighted by Crippen LogP contribution is -2.31. The molecule has 0 saturated heterocycles. The van der Waals surface area contributed by atoms with Crippen molar-refractivity contribution in [1.82, 2.24) is 15.0 Å². The van der Waals surface area contributed by atoms with E-state index in [0.717, 1.165) is 17.3 Å². The van der Waals surface area contributed by atoms with Crippen molar-refractivity contribution >= 4 is 26.6 Å². The highest BCUT2D eigenvalue weighted by molar-refractivity contribution is 7.90. The van der Waals surface area contributed by atoms with Gasteiger partial charge in [-0.05, 0) is 25.3 Å². The molecule has 0 spiro atoms. The van der Waals surface area contributed by atoms with Crippen LogP contribution in [-0.4, -0.2) is 35.7 Å². The summed E-state index contributed by atoms with van der Waals surface area (Å²) in [6, 6.07) is 1.98. The van der Waals surface area contributed by atoms with Crippen molar-refractivity contribution in [2.24, 2.45) is 5.41 Å². The Kier molecular flexibility index (Phi) is 4.12. The molecule has 6 nitrogen and oxygen atoms in total. The van der Waals surface area contributed by atoms with Gasteiger partial charge in [-0.3, -0.25) is 0 Å². The van der Waals surface area contributed by atoms with Crippen molar-refractivity contribution in [2.45, 2.75) is 45.8 Å². The second kappa shape index (κ2) is 5.46. The van der Waals surface area contributed by atoms with Crippen LogP contribution in [0.15, 0.2) is 17.4 Å². The molecule has 1 atom stereocenters. The first-order chi connectivity index (χ1) is 9.98. The van der Waals surface area contributed by atoms with Crippen LogP contribution in [0.5, 0.6) is 0 Å². The fraction of sp³-hybridized carbons (Fsp3) is 0.533. The van der Waals surface area contributed by atoms with Gasteiger partial charge in [0.05, 0.1) is 0 Å². The molecule has 2 aromatic rings. The zero-order valence-electron chi connectivity index (χ0n) is 13.8. The lowest BCUT2D eigenvalue weighted by atomic mass is 9.88. The SMILES string of the molecule is Cc1cc2cnc(S(C)(=O)=O)nc2c(N[C@@H](C)C(C)(C)C)n1. The van der Waals surface area contributed by atoms with E-state index in [1.165, 1.54) is 6.20 Å². The summed E-state index contributed by atoms with van der Waals surface area (Å²) in [5.41, 5.74) is 1.38. The molecule has 120 valence electrons. The van der Waals surface area contributed by atoms with Gasteiger partial charge in [0.1, 0.15) is 5.52 Å². The summed E-state index contributed by atoms with van der Waals surface area (Å²) in [6.07, 6.45) is 2.63. The van der Waals surface area contributed by atoms with Crippen molar-refractivity contribution in [3.63, 3.8) is 0 Å². The minimum atomic E-state index is -3.46. The van der Waals surface area contributed by atoms with Gasteiger partial charge in [0.15, 0.2) is 5.82 Å². The smallest absolute Gasteiger partial charge is 0.247 e. The van der Waals surface area contributed by atoms with Crippen LogP contribution in [0.3, 0.4) is 0 Å². The van der Waals surface area contributed by atoms with Crippen molar-refractivity contribution in [1.29, 1.82) is 0 Å². The van der Waals surface area contributed by atoms with E-state index in [4.69, 9.17) is 0 Å². The maximum atomic E-state index is 11.7. The van der Waals surface area contributed by atoms with Crippen LogP contribution in [0.1, 0.15) is 33.4 Å². The Morgan fingerprint density at radius 2 is 1.86 bits per heavy atom. The molecule has 0 amide bonds. The quantitative estimate of drug-likeness (QED) is 0.874. The zero-order valence-corrected chi connectivity index (χ0v) is 14.6. The third-order valence-corrected chi connectivity index (χ3v) is 4.52. The average molecular weight is 322 g/mol. The molecular formula is C15H22N4O2S. The van der Waals surface area contributed by atoms with E-state index in [-0.39, 0.29) is 16.6 Å². The molecule has 0 aliphatic carbocycles. The molecule has 0 fully saturated rings. The van der Waals surface area contributed by atoms with Crippen LogP contribution in [0.2, 0.25) is 0 Å². The fourth-order valence-corrected chi connectivity index (χ4v) is 2.36. The maximum Gasteiger partial charge on any atom is 0.247 e. The van der Waals surface area contributed by atoms with Gasteiger partial charge in [-0.1, -0.05) is 20.8 Å². The first-order valence-corrected chi connectivity index (χ1v) is 8.98. The van der Waals surface area contributed by atoms with Gasteiger partial charge in [-0.25, -0.2) is 23.4 Å². The van der Waals surface area contributed by atoms with Gasteiger partial charge in [0, 0.05) is 29.6 Å². The number of hydrogen-bond donors (Lipinski definition) is 1. The second-order valence-electron chi connectivity index (χ2n) is 6.71. The summed E-state index contributed by atoms with van der Waals surface area (Å²) in [5, 5.41) is 3.93. The molecule has 0 bridgehead atoms. The standard InChI is InChI=1S/C15H22N4O2S/c1-9-7-11-8-16-14(22(6,20)21)19-12(11)13(17-9)18-10(2)15(3,4)5/h7-8,10H,1-6H3,(H,17,18)/t10-/m0/s1. The van der Waals surface area contributed by atoms with Crippen molar-refractivity contribution in [3.05, 3.63) is 18.0 Å². The average Bonchev–Trinajstić information content (AvgIpc) is 2.35. The predicted octanol–water partition coefficient (Wildman–Crippen LogP) is 2.58. The number of rotatable bonds is 3. The van der Waals surface area contributed by atoms with Gasteiger partial charge in [0.2, 0.25) is 15.0 Å². The van der Waals surface area contributed by atoms with Crippen LogP contribution >= 0.6 is 0 Å². The Morgan fingerprint density at radius 3 is 2.41 bits per heavy atom. The Balaban J connectivity index is 2.61. The predicted molar refractivity (Wildman–Crippen MR) is 87.7 cm³/mol. The molecule has 2 rings (SSSR count). The summed E-state index contributed by atoms with van der Waals surface area (Å²) in [7, 11) is -3.46. The topological polar surface area (TPSA) is 84.8 Å². The molecule has 0 aliphatic heterocycles. The van der Waals surface area contributed by atoms with E-state index >= 15 is 0 Å². The minimum absolute atomic E-state index is 0.0322. The number of sulfone groups is 1. The van der Waals surface area contributed by atoms with Crippen molar-refractivity contribution in [2.75, 3.05) is 11.6 Å². The first kappa shape index (κ1) is 16.6. The minimum Gasteiger partial charge on any atom is -0.365 e. The molecule has 0 saturated carbocycles. The molecule has 22 heavy (non-hydrogen) atoms. The van der Waals surface area contributed by atoms with E-state index < -0.39 is 9.84 Å². The monoisotopic (exact) mass is 322 g/mol. The number of anilines is 1. The summed E-state index contributed by atoms with van der Waals surface area (Å²) < 4.78 is 23.3. The molecular weight excluding hydrogens is 300 g/mol. The third-order valence-electron chi connectivity index (χ3n) is 3.66. The van der Waals surface area contributed by atoms with Gasteiger partial charge in [-0.15, -0.1) is 0 Å². The number of pyridine rings is 1. The number of nitrogens with zero attached hydrogens (tertiary/aromatic N) is 3. The number of fused-ring (bicyclic) bond motifs is 1. The zero-order chi connectivity index (χ0) is 16.7. The molecule has 2 aromatic heterocycles. The maximum absolute atomic E-state index is 11.7. The normalized spacial score (nSPS) is 14.1.